The fourth-order valence-corrected chi connectivity index (χ4v) is 3.09. The second kappa shape index (κ2) is 9.22. The number of halogens is 3. The molecule has 31 heavy (non-hydrogen) atoms. The van der Waals surface area contributed by atoms with Crippen LogP contribution in [-0.4, -0.2) is 42.1 Å². The highest BCUT2D eigenvalue weighted by molar-refractivity contribution is 6.01. The molecule has 0 radical (unpaired) electrons. The summed E-state index contributed by atoms with van der Waals surface area (Å²) in [5.41, 5.74) is 2.14. The number of aliphatic hydroxyl groups is 1. The molecule has 9 heteroatoms. The van der Waals surface area contributed by atoms with Crippen molar-refractivity contribution in [2.75, 3.05) is 13.7 Å². The average Bonchev–Trinajstić information content (AvgIpc) is 2.72. The van der Waals surface area contributed by atoms with E-state index in [0.717, 1.165) is 0 Å². The molecule has 164 valence electrons. The molecule has 3 rings (SSSR count). The summed E-state index contributed by atoms with van der Waals surface area (Å²) in [4.78, 5) is 16.9. The van der Waals surface area contributed by atoms with E-state index in [1.165, 1.54) is 37.6 Å². The molecule has 0 saturated carbocycles. The maximum atomic E-state index is 12.5. The Labute approximate surface area is 176 Å². The minimum absolute atomic E-state index is 0.0369. The van der Waals surface area contributed by atoms with Gasteiger partial charge in [-0.2, -0.15) is 0 Å². The van der Waals surface area contributed by atoms with E-state index in [-0.39, 0.29) is 24.3 Å². The number of benzene rings is 2. The molecule has 2 N–H and O–H groups in total. The van der Waals surface area contributed by atoms with Gasteiger partial charge in [-0.25, -0.2) is 0 Å². The SMILES string of the molecule is COc1cc(-c2ccc(OC(F)(F)F)cc2)c2ncc(C(=O)NC(C)CCO)cc2c1. The van der Waals surface area contributed by atoms with Crippen LogP contribution in [0.2, 0.25) is 0 Å². The predicted molar refractivity (Wildman–Crippen MR) is 109 cm³/mol. The van der Waals surface area contributed by atoms with Gasteiger partial charge >= 0.3 is 6.36 Å². The Morgan fingerprint density at radius 2 is 1.87 bits per heavy atom. The second-order valence-electron chi connectivity index (χ2n) is 6.93. The molecule has 1 atom stereocenters. The van der Waals surface area contributed by atoms with Crippen molar-refractivity contribution in [1.29, 1.82) is 0 Å². The van der Waals surface area contributed by atoms with Crippen LogP contribution in [-0.2, 0) is 0 Å². The zero-order valence-corrected chi connectivity index (χ0v) is 16.9. The van der Waals surface area contributed by atoms with Crippen molar-refractivity contribution < 1.29 is 32.5 Å². The van der Waals surface area contributed by atoms with Crippen LogP contribution in [0, 0.1) is 0 Å². The van der Waals surface area contributed by atoms with Crippen LogP contribution in [0.15, 0.2) is 48.7 Å². The van der Waals surface area contributed by atoms with Gasteiger partial charge in [0, 0.05) is 29.8 Å². The first-order valence-electron chi connectivity index (χ1n) is 9.46. The van der Waals surface area contributed by atoms with Gasteiger partial charge in [-0.15, -0.1) is 13.2 Å². The zero-order valence-electron chi connectivity index (χ0n) is 16.9. The van der Waals surface area contributed by atoms with Gasteiger partial charge in [-0.1, -0.05) is 12.1 Å². The van der Waals surface area contributed by atoms with Gasteiger partial charge < -0.3 is 19.9 Å². The topological polar surface area (TPSA) is 80.7 Å². The Hall–Kier alpha value is -3.33. The number of nitrogens with one attached hydrogen (secondary N) is 1. The molecule has 1 heterocycles. The van der Waals surface area contributed by atoms with Crippen molar-refractivity contribution in [3.63, 3.8) is 0 Å². The molecule has 0 spiro atoms. The van der Waals surface area contributed by atoms with Gasteiger partial charge in [0.05, 0.1) is 18.2 Å². The zero-order chi connectivity index (χ0) is 22.6. The normalized spacial score (nSPS) is 12.5. The Morgan fingerprint density at radius 1 is 1.16 bits per heavy atom. The molecule has 0 aliphatic heterocycles. The summed E-state index contributed by atoms with van der Waals surface area (Å²) in [5.74, 6) is -0.146. The molecular formula is C22H21F3N2O4. The van der Waals surface area contributed by atoms with Gasteiger partial charge in [0.2, 0.25) is 0 Å². The molecule has 0 aliphatic rings. The highest BCUT2D eigenvalue weighted by Gasteiger charge is 2.31. The number of nitrogens with zero attached hydrogens (tertiary/aromatic N) is 1. The van der Waals surface area contributed by atoms with Crippen molar-refractivity contribution in [1.82, 2.24) is 10.3 Å². The van der Waals surface area contributed by atoms with Crippen LogP contribution in [0.5, 0.6) is 11.5 Å². The smallest absolute Gasteiger partial charge is 0.497 e. The molecule has 2 aromatic carbocycles. The Kier molecular flexibility index (Phi) is 6.65. The summed E-state index contributed by atoms with van der Waals surface area (Å²) in [6.45, 7) is 1.75. The number of hydrogen-bond acceptors (Lipinski definition) is 5. The maximum absolute atomic E-state index is 12.5. The maximum Gasteiger partial charge on any atom is 0.573 e. The first-order valence-corrected chi connectivity index (χ1v) is 9.46. The van der Waals surface area contributed by atoms with Crippen molar-refractivity contribution in [3.8, 4) is 22.6 Å². The summed E-state index contributed by atoms with van der Waals surface area (Å²) in [6, 6.07) is 10.3. The number of carbonyl (C=O) groups excluding carboxylic acids is 1. The molecule has 6 nitrogen and oxygen atoms in total. The second-order valence-corrected chi connectivity index (χ2v) is 6.93. The monoisotopic (exact) mass is 434 g/mol. The summed E-state index contributed by atoms with van der Waals surface area (Å²) >= 11 is 0. The molecule has 0 saturated heterocycles. The average molecular weight is 434 g/mol. The van der Waals surface area contributed by atoms with Crippen LogP contribution in [0.25, 0.3) is 22.0 Å². The number of aromatic nitrogens is 1. The molecule has 0 aliphatic carbocycles. The molecule has 1 unspecified atom stereocenters. The number of carbonyl (C=O) groups is 1. The highest BCUT2D eigenvalue weighted by atomic mass is 19.4. The molecule has 1 aromatic heterocycles. The number of aliphatic hydroxyl groups excluding tert-OH is 1. The van der Waals surface area contributed by atoms with Crippen molar-refractivity contribution >= 4 is 16.8 Å². The fourth-order valence-electron chi connectivity index (χ4n) is 3.09. The standard InChI is InChI=1S/C22H21F3N2O4/c1-13(7-8-28)27-21(29)16-9-15-10-18(30-2)11-19(20(15)26-12-16)14-3-5-17(6-4-14)31-22(23,24)25/h3-6,9-13,28H,7-8H2,1-2H3,(H,27,29). The number of ether oxygens (including phenoxy) is 2. The summed E-state index contributed by atoms with van der Waals surface area (Å²) in [6.07, 6.45) is -2.91. The van der Waals surface area contributed by atoms with Crippen molar-refractivity contribution in [2.45, 2.75) is 25.7 Å². The van der Waals surface area contributed by atoms with Crippen LogP contribution < -0.4 is 14.8 Å². The quantitative estimate of drug-likeness (QED) is 0.579. The third-order valence-corrected chi connectivity index (χ3v) is 4.59. The summed E-state index contributed by atoms with van der Waals surface area (Å²) < 4.78 is 46.5. The van der Waals surface area contributed by atoms with E-state index in [4.69, 9.17) is 9.84 Å². The number of amides is 1. The number of hydrogen-bond donors (Lipinski definition) is 2. The van der Waals surface area contributed by atoms with E-state index in [9.17, 15) is 18.0 Å². The lowest BCUT2D eigenvalue weighted by Gasteiger charge is -2.14. The van der Waals surface area contributed by atoms with Crippen LogP contribution >= 0.6 is 0 Å². The predicted octanol–water partition coefficient (Wildman–Crippen LogP) is 4.31. The third kappa shape index (κ3) is 5.64. The Morgan fingerprint density at radius 3 is 2.48 bits per heavy atom. The third-order valence-electron chi connectivity index (χ3n) is 4.59. The first kappa shape index (κ1) is 22.4. The van der Waals surface area contributed by atoms with E-state index in [1.807, 2.05) is 0 Å². The largest absolute Gasteiger partial charge is 0.573 e. The van der Waals surface area contributed by atoms with E-state index in [0.29, 0.717) is 39.8 Å². The van der Waals surface area contributed by atoms with E-state index < -0.39 is 6.36 Å². The Balaban J connectivity index is 1.98. The van der Waals surface area contributed by atoms with E-state index >= 15 is 0 Å². The van der Waals surface area contributed by atoms with Gasteiger partial charge in [-0.3, -0.25) is 9.78 Å². The highest BCUT2D eigenvalue weighted by Crippen LogP contribution is 2.34. The van der Waals surface area contributed by atoms with Gasteiger partial charge in [0.25, 0.3) is 5.91 Å². The number of pyridine rings is 1. The molecule has 0 bridgehead atoms. The van der Waals surface area contributed by atoms with Gasteiger partial charge in [0.1, 0.15) is 11.5 Å². The van der Waals surface area contributed by atoms with Crippen molar-refractivity contribution in [3.05, 3.63) is 54.2 Å². The minimum atomic E-state index is -4.77. The number of rotatable bonds is 7. The lowest BCUT2D eigenvalue weighted by Crippen LogP contribution is -2.33. The lowest BCUT2D eigenvalue weighted by molar-refractivity contribution is -0.274. The first-order chi connectivity index (χ1) is 14.7. The minimum Gasteiger partial charge on any atom is -0.497 e. The van der Waals surface area contributed by atoms with Crippen molar-refractivity contribution in [2.24, 2.45) is 0 Å². The number of methoxy groups -OCH3 is 1. The summed E-state index contributed by atoms with van der Waals surface area (Å²) in [7, 11) is 1.49. The van der Waals surface area contributed by atoms with Crippen LogP contribution in [0.4, 0.5) is 13.2 Å². The Bertz CT molecular complexity index is 1070. The lowest BCUT2D eigenvalue weighted by atomic mass is 10.0. The molecule has 3 aromatic rings. The number of fused-ring (bicyclic) bond motifs is 1. The van der Waals surface area contributed by atoms with Gasteiger partial charge in [0.15, 0.2) is 0 Å². The molecular weight excluding hydrogens is 413 g/mol. The molecule has 1 amide bonds. The van der Waals surface area contributed by atoms with Gasteiger partial charge in [-0.05, 0) is 49.2 Å². The van der Waals surface area contributed by atoms with Crippen LogP contribution in [0.1, 0.15) is 23.7 Å². The van der Waals surface area contributed by atoms with E-state index in [2.05, 4.69) is 15.0 Å². The van der Waals surface area contributed by atoms with E-state index in [1.54, 1.807) is 25.1 Å². The number of alkyl halides is 3. The fraction of sp³-hybridized carbons (Fsp3) is 0.273. The van der Waals surface area contributed by atoms with Crippen LogP contribution in [0.3, 0.4) is 0 Å². The molecule has 0 fully saturated rings. The summed E-state index contributed by atoms with van der Waals surface area (Å²) in [5, 5.41) is 12.4.